The SMILES string of the molecule is COc1ccc(CCNC(=O)C2(C(=O)NCCCc3ccccc3)CC2)cc1. The van der Waals surface area contributed by atoms with Crippen molar-refractivity contribution in [3.63, 3.8) is 0 Å². The molecule has 1 aliphatic rings. The molecular weight excluding hydrogens is 352 g/mol. The second-order valence-electron chi connectivity index (χ2n) is 7.28. The number of methoxy groups -OCH3 is 1. The van der Waals surface area contributed by atoms with Crippen LogP contribution in [0.5, 0.6) is 5.75 Å². The van der Waals surface area contributed by atoms with Crippen LogP contribution in [0.1, 0.15) is 30.4 Å². The summed E-state index contributed by atoms with van der Waals surface area (Å²) in [7, 11) is 1.64. The van der Waals surface area contributed by atoms with Gasteiger partial charge in [-0.15, -0.1) is 0 Å². The summed E-state index contributed by atoms with van der Waals surface area (Å²) in [5.41, 5.74) is 1.53. The molecule has 0 heterocycles. The fourth-order valence-corrected chi connectivity index (χ4v) is 3.27. The average molecular weight is 380 g/mol. The van der Waals surface area contributed by atoms with Crippen LogP contribution in [-0.2, 0) is 22.4 Å². The van der Waals surface area contributed by atoms with Gasteiger partial charge in [-0.1, -0.05) is 42.5 Å². The number of rotatable bonds is 10. The number of nitrogens with one attached hydrogen (secondary N) is 2. The molecule has 0 unspecified atom stereocenters. The largest absolute Gasteiger partial charge is 0.497 e. The maximum Gasteiger partial charge on any atom is 0.235 e. The van der Waals surface area contributed by atoms with Crippen LogP contribution in [0.15, 0.2) is 54.6 Å². The van der Waals surface area contributed by atoms with Crippen LogP contribution in [0.25, 0.3) is 0 Å². The fourth-order valence-electron chi connectivity index (χ4n) is 3.27. The highest BCUT2D eigenvalue weighted by molar-refractivity contribution is 6.07. The van der Waals surface area contributed by atoms with Crippen LogP contribution in [-0.4, -0.2) is 32.0 Å². The lowest BCUT2D eigenvalue weighted by molar-refractivity contribution is -0.137. The number of hydrogen-bond donors (Lipinski definition) is 2. The van der Waals surface area contributed by atoms with Gasteiger partial charge in [0.15, 0.2) is 0 Å². The van der Waals surface area contributed by atoms with E-state index < -0.39 is 5.41 Å². The van der Waals surface area contributed by atoms with E-state index in [9.17, 15) is 9.59 Å². The highest BCUT2D eigenvalue weighted by Crippen LogP contribution is 2.46. The van der Waals surface area contributed by atoms with Crippen molar-refractivity contribution in [2.75, 3.05) is 20.2 Å². The quantitative estimate of drug-likeness (QED) is 0.492. The molecule has 0 aliphatic heterocycles. The second kappa shape index (κ2) is 9.40. The Labute approximate surface area is 166 Å². The third-order valence-corrected chi connectivity index (χ3v) is 5.25. The van der Waals surface area contributed by atoms with Gasteiger partial charge in [-0.2, -0.15) is 0 Å². The van der Waals surface area contributed by atoms with Gasteiger partial charge in [0.05, 0.1) is 7.11 Å². The molecule has 2 N–H and O–H groups in total. The lowest BCUT2D eigenvalue weighted by atomic mass is 10.0. The number of amides is 2. The molecule has 0 bridgehead atoms. The standard InChI is InChI=1S/C23H28N2O3/c1-28-20-11-9-19(10-12-20)13-17-25-22(27)23(14-15-23)21(26)24-16-5-8-18-6-3-2-4-7-18/h2-4,6-7,9-12H,5,8,13-17H2,1H3,(H,24,26)(H,25,27). The van der Waals surface area contributed by atoms with E-state index >= 15 is 0 Å². The van der Waals surface area contributed by atoms with Gasteiger partial charge in [0.2, 0.25) is 11.8 Å². The average Bonchev–Trinajstić information content (AvgIpc) is 3.54. The molecule has 0 radical (unpaired) electrons. The summed E-state index contributed by atoms with van der Waals surface area (Å²) in [6.45, 7) is 1.11. The van der Waals surface area contributed by atoms with Gasteiger partial charge < -0.3 is 15.4 Å². The smallest absolute Gasteiger partial charge is 0.235 e. The van der Waals surface area contributed by atoms with Crippen molar-refractivity contribution in [3.8, 4) is 5.75 Å². The topological polar surface area (TPSA) is 67.4 Å². The van der Waals surface area contributed by atoms with E-state index in [4.69, 9.17) is 4.74 Å². The first-order valence-electron chi connectivity index (χ1n) is 9.87. The summed E-state index contributed by atoms with van der Waals surface area (Å²) in [5, 5.41) is 5.87. The number of carbonyl (C=O) groups excluding carboxylic acids is 2. The summed E-state index contributed by atoms with van der Waals surface area (Å²) in [6, 6.07) is 18.0. The van der Waals surface area contributed by atoms with Gasteiger partial charge in [0.1, 0.15) is 11.2 Å². The molecule has 0 aromatic heterocycles. The Morgan fingerprint density at radius 2 is 1.46 bits per heavy atom. The molecule has 2 aromatic carbocycles. The Bertz CT molecular complexity index is 783. The van der Waals surface area contributed by atoms with Crippen LogP contribution in [0, 0.1) is 5.41 Å². The van der Waals surface area contributed by atoms with Gasteiger partial charge in [0, 0.05) is 13.1 Å². The highest BCUT2D eigenvalue weighted by atomic mass is 16.5. The van der Waals surface area contributed by atoms with Gasteiger partial charge in [0.25, 0.3) is 0 Å². The molecule has 28 heavy (non-hydrogen) atoms. The van der Waals surface area contributed by atoms with E-state index in [1.54, 1.807) is 7.11 Å². The Hall–Kier alpha value is -2.82. The van der Waals surface area contributed by atoms with E-state index in [0.717, 1.165) is 30.6 Å². The Kier molecular flexibility index (Phi) is 6.69. The minimum absolute atomic E-state index is 0.137. The summed E-state index contributed by atoms with van der Waals surface area (Å²) in [6.07, 6.45) is 3.77. The molecule has 148 valence electrons. The number of carbonyl (C=O) groups is 2. The maximum absolute atomic E-state index is 12.5. The van der Waals surface area contributed by atoms with Crippen LogP contribution in [0.3, 0.4) is 0 Å². The third kappa shape index (κ3) is 5.12. The van der Waals surface area contributed by atoms with Crippen LogP contribution >= 0.6 is 0 Å². The molecule has 0 spiro atoms. The molecule has 1 aliphatic carbocycles. The molecule has 5 nitrogen and oxygen atoms in total. The monoisotopic (exact) mass is 380 g/mol. The molecule has 3 rings (SSSR count). The molecule has 0 saturated heterocycles. The zero-order chi connectivity index (χ0) is 19.8. The minimum Gasteiger partial charge on any atom is -0.497 e. The van der Waals surface area contributed by atoms with Crippen LogP contribution in [0.2, 0.25) is 0 Å². The normalized spacial score (nSPS) is 14.2. The summed E-state index contributed by atoms with van der Waals surface area (Å²) >= 11 is 0. The van der Waals surface area contributed by atoms with E-state index in [1.807, 2.05) is 42.5 Å². The zero-order valence-corrected chi connectivity index (χ0v) is 16.4. The molecule has 2 amide bonds. The summed E-state index contributed by atoms with van der Waals surface area (Å²) in [5.74, 6) is 0.526. The first kappa shape index (κ1) is 19.9. The van der Waals surface area contributed by atoms with E-state index in [0.29, 0.717) is 25.9 Å². The van der Waals surface area contributed by atoms with Gasteiger partial charge >= 0.3 is 0 Å². The Morgan fingerprint density at radius 3 is 2.07 bits per heavy atom. The predicted octanol–water partition coefficient (Wildman–Crippen LogP) is 2.88. The highest BCUT2D eigenvalue weighted by Gasteiger charge is 2.56. The van der Waals surface area contributed by atoms with Gasteiger partial charge in [-0.25, -0.2) is 0 Å². The van der Waals surface area contributed by atoms with Crippen molar-refractivity contribution in [1.82, 2.24) is 10.6 Å². The van der Waals surface area contributed by atoms with Crippen molar-refractivity contribution >= 4 is 11.8 Å². The molecule has 5 heteroatoms. The minimum atomic E-state index is -0.855. The Balaban J connectivity index is 1.38. The lowest BCUT2D eigenvalue weighted by Crippen LogP contribution is -2.43. The van der Waals surface area contributed by atoms with E-state index in [-0.39, 0.29) is 11.8 Å². The predicted molar refractivity (Wildman–Crippen MR) is 109 cm³/mol. The first-order valence-corrected chi connectivity index (χ1v) is 9.87. The first-order chi connectivity index (χ1) is 13.6. The van der Waals surface area contributed by atoms with E-state index in [2.05, 4.69) is 22.8 Å². The molecule has 2 aromatic rings. The van der Waals surface area contributed by atoms with Crippen molar-refractivity contribution in [2.24, 2.45) is 5.41 Å². The fraction of sp³-hybridized carbons (Fsp3) is 0.391. The van der Waals surface area contributed by atoms with Crippen molar-refractivity contribution in [1.29, 1.82) is 0 Å². The summed E-state index contributed by atoms with van der Waals surface area (Å²) in [4.78, 5) is 25.0. The Morgan fingerprint density at radius 1 is 0.857 bits per heavy atom. The van der Waals surface area contributed by atoms with Crippen molar-refractivity contribution in [3.05, 3.63) is 65.7 Å². The third-order valence-electron chi connectivity index (χ3n) is 5.25. The molecule has 1 fully saturated rings. The lowest BCUT2D eigenvalue weighted by Gasteiger charge is -2.15. The number of hydrogen-bond acceptors (Lipinski definition) is 3. The van der Waals surface area contributed by atoms with Crippen LogP contribution in [0.4, 0.5) is 0 Å². The second-order valence-corrected chi connectivity index (χ2v) is 7.28. The summed E-state index contributed by atoms with van der Waals surface area (Å²) < 4.78 is 5.14. The number of benzene rings is 2. The maximum atomic E-state index is 12.5. The molecular formula is C23H28N2O3. The molecule has 1 saturated carbocycles. The van der Waals surface area contributed by atoms with Crippen molar-refractivity contribution < 1.29 is 14.3 Å². The van der Waals surface area contributed by atoms with Gasteiger partial charge in [-0.3, -0.25) is 9.59 Å². The van der Waals surface area contributed by atoms with E-state index in [1.165, 1.54) is 5.56 Å². The van der Waals surface area contributed by atoms with Gasteiger partial charge in [-0.05, 0) is 55.4 Å². The van der Waals surface area contributed by atoms with Crippen LogP contribution < -0.4 is 15.4 Å². The van der Waals surface area contributed by atoms with Crippen molar-refractivity contribution in [2.45, 2.75) is 32.1 Å². The molecule has 0 atom stereocenters. The zero-order valence-electron chi connectivity index (χ0n) is 16.4. The number of ether oxygens (including phenoxy) is 1. The number of aryl methyl sites for hydroxylation is 1.